The highest BCUT2D eigenvalue weighted by atomic mass is 35.5. The van der Waals surface area contributed by atoms with E-state index in [9.17, 15) is 23.3 Å². The van der Waals surface area contributed by atoms with Crippen LogP contribution in [-0.4, -0.2) is 16.8 Å². The molecule has 3 rings (SSSR count). The minimum Gasteiger partial charge on any atom is -0.374 e. The van der Waals surface area contributed by atoms with Crippen molar-refractivity contribution in [2.24, 2.45) is 5.16 Å². The summed E-state index contributed by atoms with van der Waals surface area (Å²) in [6.07, 6.45) is -5.52. The number of benzene rings is 2. The Hall–Kier alpha value is -2.32. The van der Waals surface area contributed by atoms with Crippen LogP contribution in [0.1, 0.15) is 17.5 Å². The number of nitro groups is 1. The molecule has 1 radical (unpaired) electrons. The fraction of sp³-hybridized carbons (Fsp3) is 0.188. The van der Waals surface area contributed by atoms with Crippen molar-refractivity contribution in [1.29, 1.82) is 0 Å². The third kappa shape index (κ3) is 3.22. The summed E-state index contributed by atoms with van der Waals surface area (Å²) >= 11 is 11.7. The Balaban J connectivity index is 2.04. The molecule has 2 aromatic carbocycles. The van der Waals surface area contributed by atoms with Gasteiger partial charge >= 0.3 is 6.18 Å². The van der Waals surface area contributed by atoms with Crippen LogP contribution in [0.2, 0.25) is 10.0 Å². The maximum atomic E-state index is 13.9. The van der Waals surface area contributed by atoms with Crippen molar-refractivity contribution in [3.05, 3.63) is 73.8 Å². The number of rotatable bonds is 3. The summed E-state index contributed by atoms with van der Waals surface area (Å²) in [5.41, 5.74) is -3.44. The van der Waals surface area contributed by atoms with E-state index in [-0.39, 0.29) is 32.6 Å². The van der Waals surface area contributed by atoms with Gasteiger partial charge in [-0.15, -0.1) is 0 Å². The summed E-state index contributed by atoms with van der Waals surface area (Å²) in [4.78, 5) is 15.0. The van der Waals surface area contributed by atoms with Crippen molar-refractivity contribution in [2.45, 2.75) is 18.2 Å². The van der Waals surface area contributed by atoms with E-state index in [0.29, 0.717) is 0 Å². The van der Waals surface area contributed by atoms with Gasteiger partial charge in [0.25, 0.3) is 11.3 Å². The average Bonchev–Trinajstić information content (AvgIpc) is 3.00. The zero-order valence-electron chi connectivity index (χ0n) is 12.7. The molecule has 1 atom stereocenters. The van der Waals surface area contributed by atoms with E-state index in [1.807, 2.05) is 0 Å². The maximum Gasteiger partial charge on any atom is 0.435 e. The van der Waals surface area contributed by atoms with Crippen molar-refractivity contribution in [2.75, 3.05) is 0 Å². The number of nitro benzene ring substituents is 1. The van der Waals surface area contributed by atoms with Gasteiger partial charge < -0.3 is 4.84 Å². The monoisotopic (exact) mass is 403 g/mol. The number of nitrogens with zero attached hydrogens (tertiary/aromatic N) is 2. The number of oxime groups is 1. The minimum absolute atomic E-state index is 0.0122. The van der Waals surface area contributed by atoms with Gasteiger partial charge in [-0.25, -0.2) is 0 Å². The first-order valence-electron chi connectivity index (χ1n) is 7.07. The number of hydrogen-bond donors (Lipinski definition) is 0. The second kappa shape index (κ2) is 6.44. The van der Waals surface area contributed by atoms with E-state index in [2.05, 4.69) is 11.2 Å². The van der Waals surface area contributed by atoms with Gasteiger partial charge in [0.2, 0.25) is 0 Å². The SMILES string of the molecule is O=[N+]([O-])c1[c]ccc(C2=NOC(c3cc(Cl)cc(Cl)c3)(C(F)(F)F)C2)c1. The number of alkyl halides is 3. The van der Waals surface area contributed by atoms with E-state index >= 15 is 0 Å². The molecule has 1 aliphatic heterocycles. The third-order valence-corrected chi connectivity index (χ3v) is 4.27. The Morgan fingerprint density at radius 3 is 2.46 bits per heavy atom. The molecule has 0 spiro atoms. The summed E-state index contributed by atoms with van der Waals surface area (Å²) < 4.78 is 41.6. The van der Waals surface area contributed by atoms with E-state index in [4.69, 9.17) is 28.0 Å². The van der Waals surface area contributed by atoms with Crippen molar-refractivity contribution in [3.63, 3.8) is 0 Å². The highest BCUT2D eigenvalue weighted by molar-refractivity contribution is 6.34. The van der Waals surface area contributed by atoms with Crippen molar-refractivity contribution < 1.29 is 22.9 Å². The van der Waals surface area contributed by atoms with Crippen LogP contribution in [0.25, 0.3) is 0 Å². The Morgan fingerprint density at radius 2 is 1.88 bits per heavy atom. The van der Waals surface area contributed by atoms with Crippen LogP contribution in [0, 0.1) is 16.2 Å². The lowest BCUT2D eigenvalue weighted by Crippen LogP contribution is -2.42. The van der Waals surface area contributed by atoms with Crippen LogP contribution in [0.5, 0.6) is 0 Å². The van der Waals surface area contributed by atoms with Crippen LogP contribution in [0.15, 0.2) is 41.6 Å². The number of non-ortho nitro benzene ring substituents is 1. The molecule has 0 saturated heterocycles. The summed E-state index contributed by atoms with van der Waals surface area (Å²) in [6, 6.07) is 9.55. The second-order valence-corrected chi connectivity index (χ2v) is 6.38. The Labute approximate surface area is 155 Å². The molecule has 0 N–H and O–H groups in total. The van der Waals surface area contributed by atoms with Gasteiger partial charge in [-0.05, 0) is 24.3 Å². The molecule has 1 heterocycles. The van der Waals surface area contributed by atoms with Crippen molar-refractivity contribution in [3.8, 4) is 0 Å². The molecular formula is C16H8Cl2F3N2O3. The maximum absolute atomic E-state index is 13.9. The molecule has 135 valence electrons. The minimum atomic E-state index is -4.83. The Bertz CT molecular complexity index is 898. The standard InChI is InChI=1S/C16H8Cl2F3N2O3/c17-11-5-10(6-12(18)7-11)15(16(19,20)21)8-14(22-26-15)9-2-1-3-13(4-9)23(24)25/h1-2,4-7H,8H2. The summed E-state index contributed by atoms with van der Waals surface area (Å²) in [5.74, 6) is 0. The number of hydrogen-bond acceptors (Lipinski definition) is 4. The first-order valence-corrected chi connectivity index (χ1v) is 7.83. The first kappa shape index (κ1) is 18.5. The lowest BCUT2D eigenvalue weighted by atomic mass is 9.86. The molecule has 0 bridgehead atoms. The summed E-state index contributed by atoms with van der Waals surface area (Å²) in [5, 5.41) is 14.4. The van der Waals surface area contributed by atoms with Gasteiger partial charge in [0.1, 0.15) is 0 Å². The molecular weight excluding hydrogens is 396 g/mol. The predicted molar refractivity (Wildman–Crippen MR) is 88.4 cm³/mol. The predicted octanol–water partition coefficient (Wildman–Crippen LogP) is 5.28. The lowest BCUT2D eigenvalue weighted by molar-refractivity contribution is -0.385. The number of halogens is 5. The smallest absolute Gasteiger partial charge is 0.374 e. The van der Waals surface area contributed by atoms with Crippen LogP contribution in [-0.2, 0) is 10.4 Å². The largest absolute Gasteiger partial charge is 0.435 e. The first-order chi connectivity index (χ1) is 12.1. The molecule has 0 aromatic heterocycles. The normalized spacial score (nSPS) is 19.8. The molecule has 26 heavy (non-hydrogen) atoms. The van der Waals surface area contributed by atoms with Crippen molar-refractivity contribution >= 4 is 34.6 Å². The van der Waals surface area contributed by atoms with Gasteiger partial charge in [0.05, 0.1) is 16.7 Å². The highest BCUT2D eigenvalue weighted by Crippen LogP contribution is 2.49. The molecule has 1 aliphatic rings. The summed E-state index contributed by atoms with van der Waals surface area (Å²) in [6.45, 7) is 0. The lowest BCUT2D eigenvalue weighted by Gasteiger charge is -2.29. The van der Waals surface area contributed by atoms with E-state index in [0.717, 1.165) is 18.2 Å². The molecule has 1 unspecified atom stereocenters. The van der Waals surface area contributed by atoms with Crippen LogP contribution >= 0.6 is 23.2 Å². The fourth-order valence-corrected chi connectivity index (χ4v) is 3.11. The molecule has 0 amide bonds. The highest BCUT2D eigenvalue weighted by Gasteiger charge is 2.62. The molecule has 5 nitrogen and oxygen atoms in total. The Morgan fingerprint density at radius 1 is 1.23 bits per heavy atom. The quantitative estimate of drug-likeness (QED) is 0.516. The van der Waals surface area contributed by atoms with Crippen LogP contribution in [0.4, 0.5) is 18.9 Å². The van der Waals surface area contributed by atoms with Gasteiger partial charge in [-0.3, -0.25) is 10.1 Å². The Kier molecular flexibility index (Phi) is 4.58. The average molecular weight is 404 g/mol. The molecule has 2 aromatic rings. The van der Waals surface area contributed by atoms with Gasteiger partial charge in [0, 0.05) is 33.7 Å². The third-order valence-electron chi connectivity index (χ3n) is 3.83. The zero-order valence-corrected chi connectivity index (χ0v) is 14.2. The van der Waals surface area contributed by atoms with Crippen LogP contribution < -0.4 is 0 Å². The van der Waals surface area contributed by atoms with Gasteiger partial charge in [-0.2, -0.15) is 13.2 Å². The van der Waals surface area contributed by atoms with E-state index < -0.39 is 23.1 Å². The molecule has 0 saturated carbocycles. The van der Waals surface area contributed by atoms with Crippen LogP contribution in [0.3, 0.4) is 0 Å². The molecule has 10 heteroatoms. The topological polar surface area (TPSA) is 64.7 Å². The fourth-order valence-electron chi connectivity index (χ4n) is 2.58. The summed E-state index contributed by atoms with van der Waals surface area (Å²) in [7, 11) is 0. The zero-order chi connectivity index (χ0) is 19.1. The van der Waals surface area contributed by atoms with Crippen molar-refractivity contribution in [1.82, 2.24) is 0 Å². The van der Waals surface area contributed by atoms with Gasteiger partial charge in [0.15, 0.2) is 0 Å². The molecule has 0 aliphatic carbocycles. The second-order valence-electron chi connectivity index (χ2n) is 5.51. The van der Waals surface area contributed by atoms with E-state index in [1.165, 1.54) is 18.2 Å². The molecule has 0 fully saturated rings. The van der Waals surface area contributed by atoms with E-state index in [1.54, 1.807) is 0 Å². The van der Waals surface area contributed by atoms with Gasteiger partial charge in [-0.1, -0.05) is 34.4 Å².